The first kappa shape index (κ1) is 28.7. The Morgan fingerprint density at radius 2 is 1.74 bits per heavy atom. The second kappa shape index (κ2) is 11.9. The first-order chi connectivity index (χ1) is 15.7. The molecule has 1 aromatic carbocycles. The summed E-state index contributed by atoms with van der Waals surface area (Å²) in [6.45, 7) is 2.55. The molecular formula is C25H30Cl2F2N4O2. The van der Waals surface area contributed by atoms with Crippen molar-refractivity contribution in [1.29, 1.82) is 0 Å². The van der Waals surface area contributed by atoms with Crippen LogP contribution in [0.2, 0.25) is 0 Å². The molecular weight excluding hydrogens is 497 g/mol. The van der Waals surface area contributed by atoms with Gasteiger partial charge in [0, 0.05) is 24.3 Å². The van der Waals surface area contributed by atoms with Crippen molar-refractivity contribution in [3.05, 3.63) is 47.7 Å². The highest BCUT2D eigenvalue weighted by Gasteiger charge is 2.24. The van der Waals surface area contributed by atoms with Crippen LogP contribution in [0, 0.1) is 17.6 Å². The number of fused-ring (bicyclic) bond motifs is 1. The lowest BCUT2D eigenvalue weighted by atomic mass is 9.85. The summed E-state index contributed by atoms with van der Waals surface area (Å²) in [6, 6.07) is 5.59. The smallest absolute Gasteiger partial charge is 0.187 e. The van der Waals surface area contributed by atoms with Crippen molar-refractivity contribution in [3.8, 4) is 17.0 Å². The topological polar surface area (TPSA) is 78.3 Å². The predicted octanol–water partition coefficient (Wildman–Crippen LogP) is 5.86. The van der Waals surface area contributed by atoms with Crippen molar-refractivity contribution in [2.75, 3.05) is 26.0 Å². The Bertz CT molecular complexity index is 1180. The number of benzene rings is 1. The number of anilines is 1. The lowest BCUT2D eigenvalue weighted by molar-refractivity contribution is 0.101. The van der Waals surface area contributed by atoms with Crippen LogP contribution in [0.5, 0.6) is 5.75 Å². The predicted molar refractivity (Wildman–Crippen MR) is 139 cm³/mol. The van der Waals surface area contributed by atoms with Crippen LogP contribution in [-0.2, 0) is 0 Å². The van der Waals surface area contributed by atoms with Crippen LogP contribution < -0.4 is 5.32 Å². The normalized spacial score (nSPS) is 17.5. The fourth-order valence-electron chi connectivity index (χ4n) is 4.56. The fourth-order valence-corrected chi connectivity index (χ4v) is 4.56. The maximum absolute atomic E-state index is 13.9. The molecule has 2 N–H and O–H groups in total. The molecule has 0 radical (unpaired) electrons. The molecule has 0 amide bonds. The number of nitrogens with one attached hydrogen (secondary N) is 1. The third kappa shape index (κ3) is 6.37. The summed E-state index contributed by atoms with van der Waals surface area (Å²) in [4.78, 5) is 23.6. The van der Waals surface area contributed by atoms with Gasteiger partial charge in [-0.15, -0.1) is 24.8 Å². The van der Waals surface area contributed by atoms with E-state index in [1.54, 1.807) is 18.3 Å². The molecule has 4 rings (SSSR count). The molecule has 3 aromatic rings. The Balaban J connectivity index is 0.00000216. The van der Waals surface area contributed by atoms with Gasteiger partial charge in [-0.1, -0.05) is 0 Å². The van der Waals surface area contributed by atoms with Gasteiger partial charge in [-0.2, -0.15) is 0 Å². The summed E-state index contributed by atoms with van der Waals surface area (Å²) in [5, 5.41) is 12.9. The molecule has 35 heavy (non-hydrogen) atoms. The molecule has 0 unspecified atom stereocenters. The van der Waals surface area contributed by atoms with Crippen LogP contribution in [0.25, 0.3) is 22.3 Å². The van der Waals surface area contributed by atoms with Gasteiger partial charge in [0.15, 0.2) is 23.2 Å². The van der Waals surface area contributed by atoms with E-state index in [4.69, 9.17) is 0 Å². The average molecular weight is 527 g/mol. The summed E-state index contributed by atoms with van der Waals surface area (Å²) in [6.07, 6.45) is 5.70. The third-order valence-electron chi connectivity index (χ3n) is 6.22. The zero-order valence-corrected chi connectivity index (χ0v) is 21.5. The Labute approximate surface area is 216 Å². The van der Waals surface area contributed by atoms with Gasteiger partial charge >= 0.3 is 0 Å². The summed E-state index contributed by atoms with van der Waals surface area (Å²) >= 11 is 0. The van der Waals surface area contributed by atoms with Crippen LogP contribution in [0.1, 0.15) is 43.0 Å². The number of carbonyl (C=O) groups is 1. The van der Waals surface area contributed by atoms with Gasteiger partial charge < -0.3 is 15.3 Å². The molecule has 1 aliphatic rings. The second-order valence-corrected chi connectivity index (χ2v) is 9.08. The van der Waals surface area contributed by atoms with Crippen LogP contribution >= 0.6 is 24.8 Å². The van der Waals surface area contributed by atoms with Crippen LogP contribution in [0.3, 0.4) is 0 Å². The number of phenols is 1. The number of nitrogens with zero attached hydrogens (tertiary/aromatic N) is 3. The largest absolute Gasteiger partial charge is 0.503 e. The van der Waals surface area contributed by atoms with E-state index in [1.807, 2.05) is 0 Å². The number of Topliss-reactive ketones (excluding diaryl/α,β-unsaturated/α-hetero) is 1. The molecule has 0 aliphatic heterocycles. The van der Waals surface area contributed by atoms with Gasteiger partial charge in [0.2, 0.25) is 0 Å². The highest BCUT2D eigenvalue weighted by molar-refractivity contribution is 6.06. The Kier molecular flexibility index (Phi) is 9.77. The standard InChI is InChI=1S/C25H28F2N4O2.2ClH/c1-14(32)18-12-28-22-9-8-21(16-10-19(26)25(33)20(27)11-16)30-24(22)23(18)29-17-6-4-15(5-7-17)13-31(2)3;;/h8-12,15,17,33H,4-7,13H2,1-3H3,(H,28,29);2*1H/t15-,17-;;. The number of hydrogen-bond donors (Lipinski definition) is 2. The minimum atomic E-state index is -1.06. The first-order valence-corrected chi connectivity index (χ1v) is 11.1. The number of aromatic hydroxyl groups is 1. The van der Waals surface area contributed by atoms with Gasteiger partial charge in [0.05, 0.1) is 22.5 Å². The first-order valence-electron chi connectivity index (χ1n) is 11.1. The molecule has 10 heteroatoms. The number of pyridine rings is 2. The second-order valence-electron chi connectivity index (χ2n) is 9.08. The molecule has 0 bridgehead atoms. The molecule has 0 spiro atoms. The van der Waals surface area contributed by atoms with Gasteiger partial charge in [-0.25, -0.2) is 13.8 Å². The highest BCUT2D eigenvalue weighted by Crippen LogP contribution is 2.33. The molecule has 0 saturated heterocycles. The lowest BCUT2D eigenvalue weighted by Crippen LogP contribution is -2.31. The number of phenolic OH excluding ortho intramolecular Hbond substituents is 1. The van der Waals surface area contributed by atoms with Crippen molar-refractivity contribution < 1.29 is 18.7 Å². The Morgan fingerprint density at radius 3 is 2.31 bits per heavy atom. The molecule has 0 atom stereocenters. The number of rotatable bonds is 6. The van der Waals surface area contributed by atoms with Gasteiger partial charge in [0.1, 0.15) is 5.52 Å². The molecule has 1 fully saturated rings. The molecule has 190 valence electrons. The highest BCUT2D eigenvalue weighted by atomic mass is 35.5. The average Bonchev–Trinajstić information content (AvgIpc) is 2.77. The van der Waals surface area contributed by atoms with E-state index in [0.29, 0.717) is 33.9 Å². The maximum atomic E-state index is 13.9. The monoisotopic (exact) mass is 526 g/mol. The summed E-state index contributed by atoms with van der Waals surface area (Å²) in [7, 11) is 4.17. The number of hydrogen-bond acceptors (Lipinski definition) is 6. The number of halogens is 4. The lowest BCUT2D eigenvalue weighted by Gasteiger charge is -2.31. The minimum Gasteiger partial charge on any atom is -0.503 e. The molecule has 1 aliphatic carbocycles. The van der Waals surface area contributed by atoms with E-state index < -0.39 is 17.4 Å². The van der Waals surface area contributed by atoms with Gasteiger partial charge in [-0.05, 0) is 76.9 Å². The van der Waals surface area contributed by atoms with Crippen LogP contribution in [0.4, 0.5) is 14.5 Å². The third-order valence-corrected chi connectivity index (χ3v) is 6.22. The van der Waals surface area contributed by atoms with Gasteiger partial charge in [0.25, 0.3) is 0 Å². The van der Waals surface area contributed by atoms with E-state index in [9.17, 15) is 18.7 Å². The van der Waals surface area contributed by atoms with Gasteiger partial charge in [-0.3, -0.25) is 9.78 Å². The van der Waals surface area contributed by atoms with Crippen LogP contribution in [-0.4, -0.2) is 52.4 Å². The zero-order valence-electron chi connectivity index (χ0n) is 19.8. The van der Waals surface area contributed by atoms with Crippen molar-refractivity contribution in [1.82, 2.24) is 14.9 Å². The number of carbonyl (C=O) groups excluding carboxylic acids is 1. The number of aromatic nitrogens is 2. The molecule has 6 nitrogen and oxygen atoms in total. The molecule has 2 aromatic heterocycles. The summed E-state index contributed by atoms with van der Waals surface area (Å²) in [5.74, 6) is -2.62. The van der Waals surface area contributed by atoms with Crippen molar-refractivity contribution in [2.45, 2.75) is 38.6 Å². The molecule has 1 saturated carbocycles. The SMILES string of the molecule is CC(=O)c1cnc2ccc(-c3cc(F)c(O)c(F)c3)nc2c1N[C@H]1CC[C@H](CN(C)C)CC1.Cl.Cl. The van der Waals surface area contributed by atoms with E-state index >= 15 is 0 Å². The summed E-state index contributed by atoms with van der Waals surface area (Å²) in [5.41, 5.74) is 2.60. The zero-order chi connectivity index (χ0) is 23.7. The number of ketones is 1. The van der Waals surface area contributed by atoms with Crippen molar-refractivity contribution in [3.63, 3.8) is 0 Å². The maximum Gasteiger partial charge on any atom is 0.187 e. The van der Waals surface area contributed by atoms with Crippen molar-refractivity contribution in [2.24, 2.45) is 5.92 Å². The van der Waals surface area contributed by atoms with E-state index in [2.05, 4.69) is 34.3 Å². The Morgan fingerprint density at radius 1 is 1.11 bits per heavy atom. The van der Waals surface area contributed by atoms with E-state index in [0.717, 1.165) is 44.4 Å². The minimum absolute atomic E-state index is 0. The fraction of sp³-hybridized carbons (Fsp3) is 0.400. The quantitative estimate of drug-likeness (QED) is 0.391. The van der Waals surface area contributed by atoms with E-state index in [1.165, 1.54) is 6.92 Å². The van der Waals surface area contributed by atoms with Crippen molar-refractivity contribution >= 4 is 47.3 Å². The molecule has 2 heterocycles. The summed E-state index contributed by atoms with van der Waals surface area (Å²) < 4.78 is 27.8. The van der Waals surface area contributed by atoms with Crippen LogP contribution in [0.15, 0.2) is 30.5 Å². The van der Waals surface area contributed by atoms with E-state index in [-0.39, 0.29) is 42.2 Å². The Hall–Kier alpha value is -2.55.